The van der Waals surface area contributed by atoms with E-state index >= 15 is 0 Å². The zero-order valence-electron chi connectivity index (χ0n) is 10.9. The molecule has 0 saturated carbocycles. The number of phenols is 1. The van der Waals surface area contributed by atoms with Crippen LogP contribution in [0.15, 0.2) is 18.2 Å². The first-order chi connectivity index (χ1) is 9.19. The number of phenolic OH excluding ortho intramolecular Hbond substituents is 1. The number of hydrogen-bond donors (Lipinski definition) is 3. The Morgan fingerprint density at radius 1 is 1.37 bits per heavy atom. The standard InChI is InChI=1S/C13H19NO5/c1-18-12-4-3-10(9-11(12)16)13(17)14-5-2-7-19-8-6-15/h3-4,9,15-16H,2,5-8H2,1H3,(H,14,17). The Kier molecular flexibility index (Phi) is 6.70. The summed E-state index contributed by atoms with van der Waals surface area (Å²) in [5, 5.41) is 20.8. The summed E-state index contributed by atoms with van der Waals surface area (Å²) < 4.78 is 9.96. The molecule has 1 amide bonds. The second kappa shape index (κ2) is 8.34. The van der Waals surface area contributed by atoms with E-state index in [1.165, 1.54) is 19.2 Å². The SMILES string of the molecule is COc1ccc(C(=O)NCCCOCCO)cc1O. The molecule has 0 unspecified atom stereocenters. The topological polar surface area (TPSA) is 88.0 Å². The Morgan fingerprint density at radius 2 is 2.16 bits per heavy atom. The number of nitrogens with one attached hydrogen (secondary N) is 1. The molecule has 1 aromatic carbocycles. The molecule has 6 heteroatoms. The second-order valence-corrected chi connectivity index (χ2v) is 3.83. The van der Waals surface area contributed by atoms with Crippen LogP contribution < -0.4 is 10.1 Å². The van der Waals surface area contributed by atoms with Crippen molar-refractivity contribution in [3.63, 3.8) is 0 Å². The van der Waals surface area contributed by atoms with Gasteiger partial charge in [-0.1, -0.05) is 0 Å². The highest BCUT2D eigenvalue weighted by molar-refractivity contribution is 5.94. The monoisotopic (exact) mass is 269 g/mol. The number of ether oxygens (including phenoxy) is 2. The molecule has 0 radical (unpaired) electrons. The van der Waals surface area contributed by atoms with Crippen molar-refractivity contribution in [1.29, 1.82) is 0 Å². The molecule has 0 bridgehead atoms. The Balaban J connectivity index is 2.35. The summed E-state index contributed by atoms with van der Waals surface area (Å²) in [5.74, 6) is -0.00417. The van der Waals surface area contributed by atoms with Gasteiger partial charge in [0, 0.05) is 18.7 Å². The van der Waals surface area contributed by atoms with Crippen LogP contribution in [0.5, 0.6) is 11.5 Å². The van der Waals surface area contributed by atoms with E-state index in [0.29, 0.717) is 37.5 Å². The number of rotatable bonds is 8. The van der Waals surface area contributed by atoms with Crippen molar-refractivity contribution in [2.45, 2.75) is 6.42 Å². The summed E-state index contributed by atoms with van der Waals surface area (Å²) in [6.07, 6.45) is 0.661. The maximum Gasteiger partial charge on any atom is 0.251 e. The van der Waals surface area contributed by atoms with Crippen LogP contribution in [0, 0.1) is 0 Å². The lowest BCUT2D eigenvalue weighted by Gasteiger charge is -2.07. The zero-order chi connectivity index (χ0) is 14.1. The van der Waals surface area contributed by atoms with Crippen molar-refractivity contribution < 1.29 is 24.5 Å². The predicted molar refractivity (Wildman–Crippen MR) is 69.5 cm³/mol. The molecule has 6 nitrogen and oxygen atoms in total. The van der Waals surface area contributed by atoms with Crippen LogP contribution in [0.1, 0.15) is 16.8 Å². The van der Waals surface area contributed by atoms with Gasteiger partial charge in [-0.15, -0.1) is 0 Å². The minimum atomic E-state index is -0.264. The van der Waals surface area contributed by atoms with Crippen LogP contribution in [0.25, 0.3) is 0 Å². The number of hydrogen-bond acceptors (Lipinski definition) is 5. The summed E-state index contributed by atoms with van der Waals surface area (Å²) in [4.78, 5) is 11.7. The van der Waals surface area contributed by atoms with Gasteiger partial charge in [0.2, 0.25) is 0 Å². The van der Waals surface area contributed by atoms with Gasteiger partial charge in [0.05, 0.1) is 20.3 Å². The van der Waals surface area contributed by atoms with Gasteiger partial charge in [-0.3, -0.25) is 4.79 Å². The number of carbonyl (C=O) groups excluding carboxylic acids is 1. The lowest BCUT2D eigenvalue weighted by Crippen LogP contribution is -2.25. The third kappa shape index (κ3) is 5.15. The van der Waals surface area contributed by atoms with Crippen LogP contribution >= 0.6 is 0 Å². The molecular weight excluding hydrogens is 250 g/mol. The third-order valence-corrected chi connectivity index (χ3v) is 2.43. The maximum absolute atomic E-state index is 11.7. The van der Waals surface area contributed by atoms with Crippen LogP contribution in [-0.2, 0) is 4.74 Å². The minimum absolute atomic E-state index is 0.00250. The van der Waals surface area contributed by atoms with E-state index in [-0.39, 0.29) is 18.3 Å². The Labute approximate surface area is 112 Å². The number of amides is 1. The number of benzene rings is 1. The van der Waals surface area contributed by atoms with Crippen LogP contribution in [0.3, 0.4) is 0 Å². The van der Waals surface area contributed by atoms with Crippen LogP contribution in [0.4, 0.5) is 0 Å². The zero-order valence-corrected chi connectivity index (χ0v) is 10.9. The number of aromatic hydroxyl groups is 1. The Morgan fingerprint density at radius 3 is 2.79 bits per heavy atom. The molecule has 0 aliphatic heterocycles. The summed E-state index contributed by atoms with van der Waals surface area (Å²) in [5.41, 5.74) is 0.370. The molecule has 0 aliphatic rings. The quantitative estimate of drug-likeness (QED) is 0.599. The number of methoxy groups -OCH3 is 1. The molecule has 106 valence electrons. The third-order valence-electron chi connectivity index (χ3n) is 2.43. The predicted octanol–water partition coefficient (Wildman–Crippen LogP) is 0.530. The van der Waals surface area contributed by atoms with Crippen LogP contribution in [0.2, 0.25) is 0 Å². The van der Waals surface area contributed by atoms with Gasteiger partial charge in [0.15, 0.2) is 11.5 Å². The van der Waals surface area contributed by atoms with Crippen molar-refractivity contribution >= 4 is 5.91 Å². The molecule has 19 heavy (non-hydrogen) atoms. The average molecular weight is 269 g/mol. The highest BCUT2D eigenvalue weighted by Gasteiger charge is 2.08. The summed E-state index contributed by atoms with van der Waals surface area (Å²) >= 11 is 0. The van der Waals surface area contributed by atoms with Gasteiger partial charge in [-0.05, 0) is 24.6 Å². The van der Waals surface area contributed by atoms with Gasteiger partial charge < -0.3 is 25.0 Å². The highest BCUT2D eigenvalue weighted by atomic mass is 16.5. The van der Waals surface area contributed by atoms with Gasteiger partial charge in [-0.25, -0.2) is 0 Å². The van der Waals surface area contributed by atoms with Gasteiger partial charge >= 0.3 is 0 Å². The fourth-order valence-corrected chi connectivity index (χ4v) is 1.48. The molecule has 0 fully saturated rings. The van der Waals surface area contributed by atoms with E-state index in [9.17, 15) is 9.90 Å². The molecule has 1 aromatic rings. The lowest BCUT2D eigenvalue weighted by molar-refractivity contribution is 0.0867. The molecule has 0 atom stereocenters. The van der Waals surface area contributed by atoms with Crippen molar-refractivity contribution in [2.24, 2.45) is 0 Å². The van der Waals surface area contributed by atoms with E-state index in [4.69, 9.17) is 14.6 Å². The van der Waals surface area contributed by atoms with Crippen molar-refractivity contribution in [2.75, 3.05) is 33.5 Å². The molecule has 3 N–H and O–H groups in total. The molecule has 0 spiro atoms. The van der Waals surface area contributed by atoms with E-state index in [2.05, 4.69) is 5.32 Å². The van der Waals surface area contributed by atoms with Gasteiger partial charge in [0.1, 0.15) is 0 Å². The molecular formula is C13H19NO5. The van der Waals surface area contributed by atoms with Crippen molar-refractivity contribution in [3.8, 4) is 11.5 Å². The summed E-state index contributed by atoms with van der Waals surface area (Å²) in [6, 6.07) is 4.47. The van der Waals surface area contributed by atoms with E-state index in [0.717, 1.165) is 0 Å². The lowest BCUT2D eigenvalue weighted by atomic mass is 10.2. The Hall–Kier alpha value is -1.79. The maximum atomic E-state index is 11.7. The normalized spacial score (nSPS) is 10.2. The number of aliphatic hydroxyl groups is 1. The van der Waals surface area contributed by atoms with Gasteiger partial charge in [-0.2, -0.15) is 0 Å². The largest absolute Gasteiger partial charge is 0.504 e. The number of carbonyl (C=O) groups is 1. The van der Waals surface area contributed by atoms with Gasteiger partial charge in [0.25, 0.3) is 5.91 Å². The highest BCUT2D eigenvalue weighted by Crippen LogP contribution is 2.25. The van der Waals surface area contributed by atoms with E-state index in [1.807, 2.05) is 0 Å². The molecule has 0 heterocycles. The fraction of sp³-hybridized carbons (Fsp3) is 0.462. The van der Waals surface area contributed by atoms with E-state index < -0.39 is 0 Å². The second-order valence-electron chi connectivity index (χ2n) is 3.83. The van der Waals surface area contributed by atoms with E-state index in [1.54, 1.807) is 6.07 Å². The Bertz CT molecular complexity index is 408. The first-order valence-electron chi connectivity index (χ1n) is 6.03. The average Bonchev–Trinajstić information content (AvgIpc) is 2.42. The van der Waals surface area contributed by atoms with Crippen molar-refractivity contribution in [3.05, 3.63) is 23.8 Å². The first kappa shape index (κ1) is 15.3. The summed E-state index contributed by atoms with van der Waals surface area (Å²) in [7, 11) is 1.45. The molecule has 0 aromatic heterocycles. The van der Waals surface area contributed by atoms with Crippen molar-refractivity contribution in [1.82, 2.24) is 5.32 Å². The first-order valence-corrected chi connectivity index (χ1v) is 6.03. The van der Waals surface area contributed by atoms with Crippen LogP contribution in [-0.4, -0.2) is 49.6 Å². The number of aliphatic hydroxyl groups excluding tert-OH is 1. The molecule has 1 rings (SSSR count). The molecule has 0 saturated heterocycles. The summed E-state index contributed by atoms with van der Waals surface area (Å²) in [6.45, 7) is 1.25. The fourth-order valence-electron chi connectivity index (χ4n) is 1.48. The molecule has 0 aliphatic carbocycles. The minimum Gasteiger partial charge on any atom is -0.504 e. The smallest absolute Gasteiger partial charge is 0.251 e.